The highest BCUT2D eigenvalue weighted by molar-refractivity contribution is 6.31. The molecule has 1 aliphatic heterocycles. The van der Waals surface area contributed by atoms with Gasteiger partial charge in [0.25, 0.3) is 0 Å². The maximum Gasteiger partial charge on any atom is 0.321 e. The number of likely N-dealkylation sites (tertiary alicyclic amines) is 1. The lowest BCUT2D eigenvalue weighted by Gasteiger charge is -2.28. The minimum atomic E-state index is -0.155. The number of hydrogen-bond donors (Lipinski definition) is 2. The second-order valence-corrected chi connectivity index (χ2v) is 7.44. The molecule has 2 N–H and O–H groups in total. The van der Waals surface area contributed by atoms with E-state index >= 15 is 0 Å². The summed E-state index contributed by atoms with van der Waals surface area (Å²) in [6, 6.07) is 5.29. The van der Waals surface area contributed by atoms with Crippen molar-refractivity contribution in [3.05, 3.63) is 28.8 Å². The third kappa shape index (κ3) is 3.09. The first-order chi connectivity index (χ1) is 11.4. The van der Waals surface area contributed by atoms with Gasteiger partial charge in [0, 0.05) is 36.3 Å². The Morgan fingerprint density at radius 2 is 2.00 bits per heavy atom. The Bertz CT molecular complexity index is 656. The number of benzene rings is 1. The molecule has 3 rings (SSSR count). The molecule has 2 aliphatic rings. The first-order valence-corrected chi connectivity index (χ1v) is 8.87. The minimum absolute atomic E-state index is 0.0473. The molecule has 1 heterocycles. The largest absolute Gasteiger partial charge is 0.359 e. The average molecular weight is 350 g/mol. The summed E-state index contributed by atoms with van der Waals surface area (Å²) in [5.41, 5.74) is 1.63. The first kappa shape index (κ1) is 17.1. The van der Waals surface area contributed by atoms with Gasteiger partial charge in [-0.05, 0) is 37.5 Å². The van der Waals surface area contributed by atoms with Crippen molar-refractivity contribution >= 4 is 29.2 Å². The van der Waals surface area contributed by atoms with E-state index in [9.17, 15) is 9.59 Å². The quantitative estimate of drug-likeness (QED) is 0.859. The molecular formula is C18H24ClN3O2. The van der Waals surface area contributed by atoms with E-state index in [1.165, 1.54) is 0 Å². The Labute approximate surface area is 147 Å². The van der Waals surface area contributed by atoms with Gasteiger partial charge in [0.15, 0.2) is 0 Å². The van der Waals surface area contributed by atoms with Crippen molar-refractivity contribution in [1.29, 1.82) is 0 Å². The van der Waals surface area contributed by atoms with Gasteiger partial charge in [-0.25, -0.2) is 4.79 Å². The van der Waals surface area contributed by atoms with Crippen molar-refractivity contribution < 1.29 is 9.59 Å². The summed E-state index contributed by atoms with van der Waals surface area (Å²) in [6.07, 6.45) is 4.31. The third-order valence-electron chi connectivity index (χ3n) is 5.54. The molecule has 2 fully saturated rings. The second-order valence-electron chi connectivity index (χ2n) is 7.01. The van der Waals surface area contributed by atoms with Crippen molar-refractivity contribution in [2.24, 2.45) is 11.3 Å². The Morgan fingerprint density at radius 3 is 2.67 bits per heavy atom. The lowest BCUT2D eigenvalue weighted by atomic mass is 9.76. The van der Waals surface area contributed by atoms with Crippen LogP contribution in [0.5, 0.6) is 0 Å². The standard InChI is InChI=1S/C18H24ClN3O2/c1-12-5-6-13(19)9-15(12)21-17(24)22-10-14(16(23)20-2)18(11-22)7-3-4-8-18/h5-6,9,14H,3-4,7-8,10-11H2,1-2H3,(H,20,23)(H,21,24)/t14-/m0/s1. The molecule has 5 nitrogen and oxygen atoms in total. The fourth-order valence-electron chi connectivity index (χ4n) is 4.17. The van der Waals surface area contributed by atoms with Gasteiger partial charge < -0.3 is 15.5 Å². The van der Waals surface area contributed by atoms with Crippen LogP contribution in [0.4, 0.5) is 10.5 Å². The Kier molecular flexibility index (Phi) is 4.72. The smallest absolute Gasteiger partial charge is 0.321 e. The Morgan fingerprint density at radius 1 is 1.29 bits per heavy atom. The van der Waals surface area contributed by atoms with E-state index in [4.69, 9.17) is 11.6 Å². The maximum atomic E-state index is 12.7. The zero-order chi connectivity index (χ0) is 17.3. The number of carbonyl (C=O) groups is 2. The van der Waals surface area contributed by atoms with Crippen LogP contribution >= 0.6 is 11.6 Å². The number of rotatable bonds is 2. The van der Waals surface area contributed by atoms with Gasteiger partial charge in [-0.1, -0.05) is 30.5 Å². The number of nitrogens with zero attached hydrogens (tertiary/aromatic N) is 1. The summed E-state index contributed by atoms with van der Waals surface area (Å²) in [5, 5.41) is 6.31. The summed E-state index contributed by atoms with van der Waals surface area (Å²) < 4.78 is 0. The molecule has 0 aromatic heterocycles. The van der Waals surface area contributed by atoms with Gasteiger partial charge in [-0.15, -0.1) is 0 Å². The zero-order valence-corrected chi connectivity index (χ0v) is 14.9. The summed E-state index contributed by atoms with van der Waals surface area (Å²) in [7, 11) is 1.67. The van der Waals surface area contributed by atoms with Gasteiger partial charge in [-0.2, -0.15) is 0 Å². The SMILES string of the molecule is CNC(=O)[C@@H]1CN(C(=O)Nc2cc(Cl)ccc2C)CC12CCCC2. The molecule has 1 aromatic rings. The van der Waals surface area contributed by atoms with Crippen molar-refractivity contribution in [2.45, 2.75) is 32.6 Å². The van der Waals surface area contributed by atoms with E-state index in [-0.39, 0.29) is 23.3 Å². The first-order valence-electron chi connectivity index (χ1n) is 8.49. The van der Waals surface area contributed by atoms with Crippen molar-refractivity contribution in [3.63, 3.8) is 0 Å². The molecule has 0 radical (unpaired) electrons. The van der Waals surface area contributed by atoms with Crippen LogP contribution in [0, 0.1) is 18.3 Å². The summed E-state index contributed by atoms with van der Waals surface area (Å²) in [5.74, 6) is -0.0673. The molecule has 1 saturated carbocycles. The van der Waals surface area contributed by atoms with E-state index in [2.05, 4.69) is 10.6 Å². The second kappa shape index (κ2) is 6.63. The number of nitrogens with one attached hydrogen (secondary N) is 2. The molecule has 1 spiro atoms. The third-order valence-corrected chi connectivity index (χ3v) is 5.77. The van der Waals surface area contributed by atoms with E-state index in [0.717, 1.165) is 36.9 Å². The van der Waals surface area contributed by atoms with Crippen LogP contribution in [0.15, 0.2) is 18.2 Å². The van der Waals surface area contributed by atoms with Gasteiger partial charge in [0.1, 0.15) is 0 Å². The number of urea groups is 1. The molecule has 0 bridgehead atoms. The van der Waals surface area contributed by atoms with E-state index in [0.29, 0.717) is 18.1 Å². The molecule has 6 heteroatoms. The topological polar surface area (TPSA) is 61.4 Å². The zero-order valence-electron chi connectivity index (χ0n) is 14.2. The summed E-state index contributed by atoms with van der Waals surface area (Å²) >= 11 is 6.02. The van der Waals surface area contributed by atoms with E-state index < -0.39 is 0 Å². The van der Waals surface area contributed by atoms with E-state index in [1.54, 1.807) is 24.1 Å². The maximum absolute atomic E-state index is 12.7. The van der Waals surface area contributed by atoms with Crippen LogP contribution in [-0.2, 0) is 4.79 Å². The number of halogens is 1. The number of amides is 3. The lowest BCUT2D eigenvalue weighted by Crippen LogP contribution is -2.38. The van der Waals surface area contributed by atoms with Crippen LogP contribution in [0.3, 0.4) is 0 Å². The van der Waals surface area contributed by atoms with Crippen LogP contribution in [0.2, 0.25) is 5.02 Å². The fourth-order valence-corrected chi connectivity index (χ4v) is 4.34. The van der Waals surface area contributed by atoms with Crippen LogP contribution < -0.4 is 10.6 Å². The summed E-state index contributed by atoms with van der Waals surface area (Å²) in [6.45, 7) is 3.06. The Balaban J connectivity index is 1.76. The normalized spacial score (nSPS) is 22.0. The minimum Gasteiger partial charge on any atom is -0.359 e. The van der Waals surface area contributed by atoms with Crippen molar-refractivity contribution in [3.8, 4) is 0 Å². The average Bonchev–Trinajstić information content (AvgIpc) is 3.18. The Hall–Kier alpha value is -1.75. The van der Waals surface area contributed by atoms with Crippen molar-refractivity contribution in [1.82, 2.24) is 10.2 Å². The fraction of sp³-hybridized carbons (Fsp3) is 0.556. The van der Waals surface area contributed by atoms with Crippen LogP contribution in [-0.4, -0.2) is 37.0 Å². The van der Waals surface area contributed by atoms with Crippen LogP contribution in [0.1, 0.15) is 31.2 Å². The lowest BCUT2D eigenvalue weighted by molar-refractivity contribution is -0.127. The predicted octanol–water partition coefficient (Wildman–Crippen LogP) is 3.42. The summed E-state index contributed by atoms with van der Waals surface area (Å²) in [4.78, 5) is 26.8. The van der Waals surface area contributed by atoms with Gasteiger partial charge in [0.2, 0.25) is 5.91 Å². The van der Waals surface area contributed by atoms with Gasteiger partial charge in [0.05, 0.1) is 5.92 Å². The van der Waals surface area contributed by atoms with E-state index in [1.807, 2.05) is 13.0 Å². The van der Waals surface area contributed by atoms with Crippen molar-refractivity contribution in [2.75, 3.05) is 25.5 Å². The highest BCUT2D eigenvalue weighted by Gasteiger charge is 2.52. The molecule has 1 atom stereocenters. The monoisotopic (exact) mass is 349 g/mol. The number of carbonyl (C=O) groups excluding carboxylic acids is 2. The molecule has 1 aliphatic carbocycles. The molecule has 1 aromatic carbocycles. The number of anilines is 1. The molecule has 0 unspecified atom stereocenters. The highest BCUT2D eigenvalue weighted by atomic mass is 35.5. The predicted molar refractivity (Wildman–Crippen MR) is 95.2 cm³/mol. The van der Waals surface area contributed by atoms with Gasteiger partial charge in [-0.3, -0.25) is 4.79 Å². The van der Waals surface area contributed by atoms with Gasteiger partial charge >= 0.3 is 6.03 Å². The highest BCUT2D eigenvalue weighted by Crippen LogP contribution is 2.49. The number of aryl methyl sites for hydroxylation is 1. The van der Waals surface area contributed by atoms with Crippen LogP contribution in [0.25, 0.3) is 0 Å². The molecule has 1 saturated heterocycles. The molecule has 130 valence electrons. The molecule has 24 heavy (non-hydrogen) atoms. The number of hydrogen-bond acceptors (Lipinski definition) is 2. The molecular weight excluding hydrogens is 326 g/mol. The molecule has 3 amide bonds.